The van der Waals surface area contributed by atoms with E-state index in [1.54, 1.807) is 23.5 Å². The van der Waals surface area contributed by atoms with E-state index in [0.29, 0.717) is 5.92 Å². The molecule has 112 valence electrons. The van der Waals surface area contributed by atoms with Crippen molar-refractivity contribution in [1.82, 2.24) is 10.3 Å². The molecule has 4 heteroatoms. The molecule has 1 atom stereocenters. The summed E-state index contributed by atoms with van der Waals surface area (Å²) < 4.78 is 13.0. The third-order valence-electron chi connectivity index (χ3n) is 3.87. The molecule has 1 aliphatic rings. The molecule has 3 rings (SSSR count). The normalized spacial score (nSPS) is 16.1. The van der Waals surface area contributed by atoms with Gasteiger partial charge in [-0.1, -0.05) is 12.1 Å². The van der Waals surface area contributed by atoms with Crippen LogP contribution in [0, 0.1) is 18.7 Å². The molecule has 0 amide bonds. The highest BCUT2D eigenvalue weighted by Gasteiger charge is 2.22. The van der Waals surface area contributed by atoms with Crippen molar-refractivity contribution in [2.75, 3.05) is 6.54 Å². The van der Waals surface area contributed by atoms with E-state index >= 15 is 0 Å². The predicted molar refractivity (Wildman–Crippen MR) is 85.2 cm³/mol. The quantitative estimate of drug-likeness (QED) is 0.843. The van der Waals surface area contributed by atoms with Crippen LogP contribution in [0.3, 0.4) is 0 Å². The first-order chi connectivity index (χ1) is 10.2. The number of benzene rings is 1. The van der Waals surface area contributed by atoms with E-state index < -0.39 is 0 Å². The van der Waals surface area contributed by atoms with Crippen LogP contribution in [-0.2, 0) is 12.8 Å². The minimum atomic E-state index is -0.165. The average molecular weight is 304 g/mol. The molecule has 0 aliphatic heterocycles. The maximum atomic E-state index is 13.0. The smallest absolute Gasteiger partial charge is 0.123 e. The van der Waals surface area contributed by atoms with Crippen LogP contribution in [0.5, 0.6) is 0 Å². The number of nitrogens with zero attached hydrogens (tertiary/aromatic N) is 1. The molecule has 1 heterocycles. The van der Waals surface area contributed by atoms with Crippen molar-refractivity contribution in [1.29, 1.82) is 0 Å². The molecule has 1 unspecified atom stereocenters. The van der Waals surface area contributed by atoms with E-state index in [2.05, 4.69) is 15.7 Å². The van der Waals surface area contributed by atoms with Crippen molar-refractivity contribution in [2.24, 2.45) is 5.92 Å². The number of aryl methyl sites for hydroxylation is 1. The van der Waals surface area contributed by atoms with E-state index in [1.165, 1.54) is 24.1 Å². The molecule has 0 radical (unpaired) electrons. The van der Waals surface area contributed by atoms with Crippen molar-refractivity contribution in [3.8, 4) is 0 Å². The zero-order valence-electron chi connectivity index (χ0n) is 12.3. The van der Waals surface area contributed by atoms with Crippen molar-refractivity contribution in [2.45, 2.75) is 38.6 Å². The van der Waals surface area contributed by atoms with Gasteiger partial charge in [-0.15, -0.1) is 11.3 Å². The average Bonchev–Trinajstić information content (AvgIpc) is 3.21. The Morgan fingerprint density at radius 3 is 2.67 bits per heavy atom. The lowest BCUT2D eigenvalue weighted by atomic mass is 9.95. The Morgan fingerprint density at radius 2 is 2.05 bits per heavy atom. The van der Waals surface area contributed by atoms with Gasteiger partial charge in [-0.3, -0.25) is 0 Å². The lowest BCUT2D eigenvalue weighted by Crippen LogP contribution is -2.27. The van der Waals surface area contributed by atoms with Crippen LogP contribution in [0.4, 0.5) is 4.39 Å². The molecule has 0 spiro atoms. The molecule has 2 nitrogen and oxygen atoms in total. The minimum absolute atomic E-state index is 0.165. The molecule has 2 aromatic rings. The first-order valence-corrected chi connectivity index (χ1v) is 8.46. The molecule has 1 fully saturated rings. The fourth-order valence-electron chi connectivity index (χ4n) is 2.59. The van der Waals surface area contributed by atoms with Crippen molar-refractivity contribution >= 4 is 11.3 Å². The summed E-state index contributed by atoms with van der Waals surface area (Å²) in [6.07, 6.45) is 4.57. The van der Waals surface area contributed by atoms with Gasteiger partial charge in [0.05, 0.1) is 10.7 Å². The molecule has 21 heavy (non-hydrogen) atoms. The monoisotopic (exact) mass is 304 g/mol. The SMILES string of the molecule is Cc1nc(CC(CNC2CC2)Cc2ccc(F)cc2)cs1. The van der Waals surface area contributed by atoms with Gasteiger partial charge in [0.1, 0.15) is 5.82 Å². The van der Waals surface area contributed by atoms with E-state index in [9.17, 15) is 4.39 Å². The lowest BCUT2D eigenvalue weighted by Gasteiger charge is -2.17. The highest BCUT2D eigenvalue weighted by molar-refractivity contribution is 7.09. The van der Waals surface area contributed by atoms with Crippen molar-refractivity contribution in [3.05, 3.63) is 51.7 Å². The second-order valence-electron chi connectivity index (χ2n) is 5.94. The molecule has 1 aromatic heterocycles. The Kier molecular flexibility index (Phi) is 4.66. The Morgan fingerprint density at radius 1 is 1.29 bits per heavy atom. The van der Waals surface area contributed by atoms with Gasteiger partial charge >= 0.3 is 0 Å². The first-order valence-electron chi connectivity index (χ1n) is 7.58. The summed E-state index contributed by atoms with van der Waals surface area (Å²) in [6.45, 7) is 3.06. The summed E-state index contributed by atoms with van der Waals surface area (Å²) in [4.78, 5) is 4.58. The van der Waals surface area contributed by atoms with Gasteiger partial charge in [0, 0.05) is 11.4 Å². The number of thiazole rings is 1. The van der Waals surface area contributed by atoms with Gasteiger partial charge in [-0.05, 0) is 62.8 Å². The Hall–Kier alpha value is -1.26. The fourth-order valence-corrected chi connectivity index (χ4v) is 3.21. The van der Waals surface area contributed by atoms with Gasteiger partial charge in [0.15, 0.2) is 0 Å². The van der Waals surface area contributed by atoms with Crippen LogP contribution in [0.2, 0.25) is 0 Å². The second kappa shape index (κ2) is 6.67. The number of nitrogens with one attached hydrogen (secondary N) is 1. The lowest BCUT2D eigenvalue weighted by molar-refractivity contribution is 0.465. The maximum absolute atomic E-state index is 13.0. The Labute approximate surface area is 129 Å². The maximum Gasteiger partial charge on any atom is 0.123 e. The fraction of sp³-hybridized carbons (Fsp3) is 0.471. The van der Waals surface area contributed by atoms with Crippen LogP contribution in [0.1, 0.15) is 29.1 Å². The van der Waals surface area contributed by atoms with Crippen molar-refractivity contribution < 1.29 is 4.39 Å². The van der Waals surface area contributed by atoms with Crippen LogP contribution in [0.25, 0.3) is 0 Å². The zero-order chi connectivity index (χ0) is 14.7. The van der Waals surface area contributed by atoms with E-state index in [4.69, 9.17) is 0 Å². The van der Waals surface area contributed by atoms with Crippen LogP contribution in [-0.4, -0.2) is 17.6 Å². The van der Waals surface area contributed by atoms with Gasteiger partial charge in [-0.25, -0.2) is 9.37 Å². The number of hydrogen-bond acceptors (Lipinski definition) is 3. The predicted octanol–water partition coefficient (Wildman–Crippen LogP) is 3.74. The number of aromatic nitrogens is 1. The summed E-state index contributed by atoms with van der Waals surface area (Å²) >= 11 is 1.71. The summed E-state index contributed by atoms with van der Waals surface area (Å²) in [6, 6.07) is 7.61. The Balaban J connectivity index is 1.63. The third kappa shape index (κ3) is 4.61. The molecular formula is C17H21FN2S. The van der Waals surface area contributed by atoms with Gasteiger partial charge < -0.3 is 5.32 Å². The summed E-state index contributed by atoms with van der Waals surface area (Å²) in [5, 5.41) is 6.90. The number of rotatable bonds is 7. The van der Waals surface area contributed by atoms with Gasteiger partial charge in [-0.2, -0.15) is 0 Å². The molecule has 0 bridgehead atoms. The van der Waals surface area contributed by atoms with Gasteiger partial charge in [0.25, 0.3) is 0 Å². The third-order valence-corrected chi connectivity index (χ3v) is 4.70. The molecule has 1 N–H and O–H groups in total. The van der Waals surface area contributed by atoms with E-state index in [0.717, 1.165) is 30.4 Å². The first kappa shape index (κ1) is 14.7. The highest BCUT2D eigenvalue weighted by Crippen LogP contribution is 2.21. The molecular weight excluding hydrogens is 283 g/mol. The molecule has 0 saturated heterocycles. The summed E-state index contributed by atoms with van der Waals surface area (Å²) in [7, 11) is 0. The highest BCUT2D eigenvalue weighted by atomic mass is 32.1. The van der Waals surface area contributed by atoms with Crippen LogP contribution in [0.15, 0.2) is 29.6 Å². The number of halogens is 1. The molecule has 1 aromatic carbocycles. The Bertz CT molecular complexity index is 575. The molecule has 1 saturated carbocycles. The van der Waals surface area contributed by atoms with Crippen LogP contribution < -0.4 is 5.32 Å². The van der Waals surface area contributed by atoms with Crippen LogP contribution >= 0.6 is 11.3 Å². The van der Waals surface area contributed by atoms with E-state index in [-0.39, 0.29) is 5.82 Å². The zero-order valence-corrected chi connectivity index (χ0v) is 13.1. The largest absolute Gasteiger partial charge is 0.314 e. The standard InChI is InChI=1S/C17H21FN2S/c1-12-20-17(11-21-12)9-14(10-19-16-6-7-16)8-13-2-4-15(18)5-3-13/h2-5,11,14,16,19H,6-10H2,1H3. The van der Waals surface area contributed by atoms with Gasteiger partial charge in [0.2, 0.25) is 0 Å². The topological polar surface area (TPSA) is 24.9 Å². The van der Waals surface area contributed by atoms with E-state index in [1.807, 2.05) is 19.1 Å². The second-order valence-corrected chi connectivity index (χ2v) is 7.00. The summed E-state index contributed by atoms with van der Waals surface area (Å²) in [5.74, 6) is 0.346. The number of hydrogen-bond donors (Lipinski definition) is 1. The van der Waals surface area contributed by atoms with Crippen molar-refractivity contribution in [3.63, 3.8) is 0 Å². The minimum Gasteiger partial charge on any atom is -0.314 e. The summed E-state index contributed by atoms with van der Waals surface area (Å²) in [5.41, 5.74) is 2.38. The molecule has 1 aliphatic carbocycles.